The van der Waals surface area contributed by atoms with Crippen LogP contribution >= 0.6 is 0 Å². The standard InChI is InChI=1S/C14H19FN4O/c1-14(2,3)16-9-12-17-18-13(20-12)19(4)11-7-5-10(15)6-8-11/h5-8,16H,9H2,1-4H3. The van der Waals surface area contributed by atoms with Gasteiger partial charge in [-0.25, -0.2) is 4.39 Å². The van der Waals surface area contributed by atoms with E-state index in [4.69, 9.17) is 4.42 Å². The van der Waals surface area contributed by atoms with Crippen LogP contribution in [0, 0.1) is 5.82 Å². The lowest BCUT2D eigenvalue weighted by Crippen LogP contribution is -2.35. The molecule has 1 aromatic carbocycles. The van der Waals surface area contributed by atoms with Crippen molar-refractivity contribution < 1.29 is 8.81 Å². The first-order chi connectivity index (χ1) is 9.35. The average molecular weight is 278 g/mol. The third-order valence-corrected chi connectivity index (χ3v) is 2.73. The van der Waals surface area contributed by atoms with Crippen LogP contribution in [0.3, 0.4) is 0 Å². The molecule has 1 N–H and O–H groups in total. The van der Waals surface area contributed by atoms with Crippen LogP contribution in [0.1, 0.15) is 26.7 Å². The Morgan fingerprint density at radius 2 is 1.85 bits per heavy atom. The highest BCUT2D eigenvalue weighted by atomic mass is 19.1. The number of halogens is 1. The van der Waals surface area contributed by atoms with Gasteiger partial charge in [0.15, 0.2) is 0 Å². The van der Waals surface area contributed by atoms with Crippen molar-refractivity contribution in [3.05, 3.63) is 36.0 Å². The minimum Gasteiger partial charge on any atom is -0.406 e. The number of hydrogen-bond donors (Lipinski definition) is 1. The van der Waals surface area contributed by atoms with Crippen LogP contribution in [0.2, 0.25) is 0 Å². The Hall–Kier alpha value is -1.95. The molecule has 0 amide bonds. The van der Waals surface area contributed by atoms with Crippen LogP contribution in [0.25, 0.3) is 0 Å². The smallest absolute Gasteiger partial charge is 0.322 e. The number of anilines is 2. The number of benzene rings is 1. The summed E-state index contributed by atoms with van der Waals surface area (Å²) < 4.78 is 18.5. The molecule has 0 radical (unpaired) electrons. The van der Waals surface area contributed by atoms with Crippen LogP contribution in [0.4, 0.5) is 16.1 Å². The maximum atomic E-state index is 12.9. The molecule has 1 aromatic heterocycles. The van der Waals surface area contributed by atoms with E-state index < -0.39 is 0 Å². The monoisotopic (exact) mass is 278 g/mol. The molecule has 5 nitrogen and oxygen atoms in total. The van der Waals surface area contributed by atoms with E-state index in [1.807, 2.05) is 0 Å². The fourth-order valence-electron chi connectivity index (χ4n) is 1.57. The second-order valence-electron chi connectivity index (χ2n) is 5.62. The number of nitrogens with one attached hydrogen (secondary N) is 1. The van der Waals surface area contributed by atoms with Crippen LogP contribution < -0.4 is 10.2 Å². The summed E-state index contributed by atoms with van der Waals surface area (Å²) in [6, 6.07) is 6.48. The van der Waals surface area contributed by atoms with Gasteiger partial charge in [-0.3, -0.25) is 4.90 Å². The molecule has 2 rings (SSSR count). The van der Waals surface area contributed by atoms with Crippen molar-refractivity contribution in [2.45, 2.75) is 32.9 Å². The van der Waals surface area contributed by atoms with Crippen molar-refractivity contribution in [3.8, 4) is 0 Å². The summed E-state index contributed by atoms with van der Waals surface area (Å²) in [4.78, 5) is 1.72. The summed E-state index contributed by atoms with van der Waals surface area (Å²) >= 11 is 0. The molecule has 0 saturated heterocycles. The van der Waals surface area contributed by atoms with Gasteiger partial charge in [0.25, 0.3) is 0 Å². The molecular formula is C14H19FN4O. The molecule has 6 heteroatoms. The lowest BCUT2D eigenvalue weighted by Gasteiger charge is -2.18. The van der Waals surface area contributed by atoms with Crippen molar-refractivity contribution in [1.29, 1.82) is 0 Å². The summed E-state index contributed by atoms with van der Waals surface area (Å²) in [7, 11) is 1.79. The number of aromatic nitrogens is 2. The molecule has 0 fully saturated rings. The molecule has 1 heterocycles. The van der Waals surface area contributed by atoms with E-state index >= 15 is 0 Å². The van der Waals surface area contributed by atoms with Gasteiger partial charge in [-0.15, -0.1) is 5.10 Å². The highest BCUT2D eigenvalue weighted by molar-refractivity contribution is 5.54. The Bertz CT molecular complexity index is 559. The molecule has 0 atom stereocenters. The molecule has 0 unspecified atom stereocenters. The zero-order valence-electron chi connectivity index (χ0n) is 12.1. The molecular weight excluding hydrogens is 259 g/mol. The predicted molar refractivity (Wildman–Crippen MR) is 75.4 cm³/mol. The summed E-state index contributed by atoms with van der Waals surface area (Å²) in [6.45, 7) is 6.70. The topological polar surface area (TPSA) is 54.2 Å². The second-order valence-corrected chi connectivity index (χ2v) is 5.62. The molecule has 108 valence electrons. The normalized spacial score (nSPS) is 11.7. The number of nitrogens with zero attached hydrogens (tertiary/aromatic N) is 3. The number of rotatable bonds is 4. The second kappa shape index (κ2) is 5.58. The lowest BCUT2D eigenvalue weighted by molar-refractivity contribution is 0.382. The van der Waals surface area contributed by atoms with Gasteiger partial charge in [-0.1, -0.05) is 5.10 Å². The third kappa shape index (κ3) is 3.77. The molecule has 2 aromatic rings. The van der Waals surface area contributed by atoms with E-state index in [0.29, 0.717) is 18.5 Å². The van der Waals surface area contributed by atoms with E-state index in [1.54, 1.807) is 24.1 Å². The Labute approximate surface area is 117 Å². The fourth-order valence-corrected chi connectivity index (χ4v) is 1.57. The predicted octanol–water partition coefficient (Wildman–Crippen LogP) is 2.86. The summed E-state index contributed by atoms with van der Waals surface area (Å²) in [5.74, 6) is 0.242. The van der Waals surface area contributed by atoms with Gasteiger partial charge in [0, 0.05) is 18.3 Å². The van der Waals surface area contributed by atoms with Crippen molar-refractivity contribution in [2.24, 2.45) is 0 Å². The van der Waals surface area contributed by atoms with Crippen molar-refractivity contribution >= 4 is 11.7 Å². The van der Waals surface area contributed by atoms with Gasteiger partial charge in [0.2, 0.25) is 5.89 Å². The molecule has 0 spiro atoms. The van der Waals surface area contributed by atoms with E-state index in [1.165, 1.54) is 12.1 Å². The zero-order chi connectivity index (χ0) is 14.8. The first-order valence-corrected chi connectivity index (χ1v) is 6.42. The molecule has 0 aliphatic rings. The zero-order valence-corrected chi connectivity index (χ0v) is 12.1. The van der Waals surface area contributed by atoms with Crippen molar-refractivity contribution in [3.63, 3.8) is 0 Å². The maximum Gasteiger partial charge on any atom is 0.322 e. The van der Waals surface area contributed by atoms with Crippen LogP contribution in [-0.2, 0) is 6.54 Å². The molecule has 0 bridgehead atoms. The van der Waals surface area contributed by atoms with Crippen LogP contribution in [-0.4, -0.2) is 22.8 Å². The van der Waals surface area contributed by atoms with E-state index in [9.17, 15) is 4.39 Å². The summed E-state index contributed by atoms with van der Waals surface area (Å²) in [5, 5.41) is 11.3. The van der Waals surface area contributed by atoms with Gasteiger partial charge in [0.1, 0.15) is 5.82 Å². The quantitative estimate of drug-likeness (QED) is 0.932. The van der Waals surface area contributed by atoms with E-state index in [-0.39, 0.29) is 11.4 Å². The minimum absolute atomic E-state index is 0.0164. The summed E-state index contributed by atoms with van der Waals surface area (Å²) in [5.41, 5.74) is 0.766. The molecule has 0 saturated carbocycles. The number of hydrogen-bond acceptors (Lipinski definition) is 5. The van der Waals surface area contributed by atoms with Gasteiger partial charge >= 0.3 is 6.01 Å². The Morgan fingerprint density at radius 3 is 2.45 bits per heavy atom. The molecule has 0 aliphatic heterocycles. The minimum atomic E-state index is -0.275. The molecule has 0 aliphatic carbocycles. The van der Waals surface area contributed by atoms with Gasteiger partial charge in [-0.05, 0) is 45.0 Å². The van der Waals surface area contributed by atoms with Gasteiger partial charge in [0.05, 0.1) is 6.54 Å². The van der Waals surface area contributed by atoms with Crippen LogP contribution in [0.5, 0.6) is 0 Å². The summed E-state index contributed by atoms with van der Waals surface area (Å²) in [6.07, 6.45) is 0. The van der Waals surface area contributed by atoms with Crippen molar-refractivity contribution in [1.82, 2.24) is 15.5 Å². The SMILES string of the molecule is CN(c1ccc(F)cc1)c1nnc(CNC(C)(C)C)o1. The Balaban J connectivity index is 2.06. The van der Waals surface area contributed by atoms with Crippen molar-refractivity contribution in [2.75, 3.05) is 11.9 Å². The highest BCUT2D eigenvalue weighted by Gasteiger charge is 2.15. The maximum absolute atomic E-state index is 12.9. The third-order valence-electron chi connectivity index (χ3n) is 2.73. The largest absolute Gasteiger partial charge is 0.406 e. The Kier molecular flexibility index (Phi) is 4.04. The van der Waals surface area contributed by atoms with Gasteiger partial charge < -0.3 is 9.73 Å². The van der Waals surface area contributed by atoms with E-state index in [2.05, 4.69) is 36.3 Å². The highest BCUT2D eigenvalue weighted by Crippen LogP contribution is 2.22. The van der Waals surface area contributed by atoms with Crippen LogP contribution in [0.15, 0.2) is 28.7 Å². The Morgan fingerprint density at radius 1 is 1.20 bits per heavy atom. The lowest BCUT2D eigenvalue weighted by atomic mass is 10.1. The first-order valence-electron chi connectivity index (χ1n) is 6.42. The fraction of sp³-hybridized carbons (Fsp3) is 0.429. The average Bonchev–Trinajstić information content (AvgIpc) is 2.84. The first kappa shape index (κ1) is 14.5. The van der Waals surface area contributed by atoms with E-state index in [0.717, 1.165) is 5.69 Å². The molecule has 20 heavy (non-hydrogen) atoms. The van der Waals surface area contributed by atoms with Gasteiger partial charge in [-0.2, -0.15) is 0 Å².